The highest BCUT2D eigenvalue weighted by Gasteiger charge is 2.59. The van der Waals surface area contributed by atoms with Crippen molar-refractivity contribution in [1.82, 2.24) is 4.90 Å². The van der Waals surface area contributed by atoms with Gasteiger partial charge in [-0.2, -0.15) is 33.7 Å². The number of benzene rings is 1. The van der Waals surface area contributed by atoms with Crippen LogP contribution in [0.4, 0.5) is 22.0 Å². The molecule has 7 atom stereocenters. The Bertz CT molecular complexity index is 1020. The smallest absolute Gasteiger partial charge is 0.453 e. The van der Waals surface area contributed by atoms with E-state index < -0.39 is 18.5 Å². The Hall–Kier alpha value is -1.06. The van der Waals surface area contributed by atoms with Crippen molar-refractivity contribution in [3.63, 3.8) is 0 Å². The number of halogens is 5. The predicted octanol–water partition coefficient (Wildman–Crippen LogP) is 8.67. The first kappa shape index (κ1) is 33.8. The van der Waals surface area contributed by atoms with Gasteiger partial charge in [0.15, 0.2) is 0 Å². The Labute approximate surface area is 253 Å². The van der Waals surface area contributed by atoms with Crippen molar-refractivity contribution < 1.29 is 32.2 Å². The number of phenols is 1. The molecule has 3 aliphatic carbocycles. The monoisotopic (exact) mass is 619 g/mol. The zero-order chi connectivity index (χ0) is 30.7. The fourth-order valence-corrected chi connectivity index (χ4v) is 9.57. The minimum atomic E-state index is -5.45. The minimum absolute atomic E-state index is 0.00238. The van der Waals surface area contributed by atoms with Crippen molar-refractivity contribution in [3.05, 3.63) is 29.3 Å². The Morgan fingerprint density at radius 1 is 1.02 bits per heavy atom. The summed E-state index contributed by atoms with van der Waals surface area (Å²) in [4.78, 5) is 2.28. The van der Waals surface area contributed by atoms with Crippen LogP contribution in [0.3, 0.4) is 0 Å². The quantitative estimate of drug-likeness (QED) is 0.162. The number of phenolic OH excluding ortho intramolecular Hbond substituents is 1. The van der Waals surface area contributed by atoms with E-state index in [1.807, 2.05) is 12.1 Å². The summed E-state index contributed by atoms with van der Waals surface area (Å²) < 4.78 is 62.7. The number of thioether (sulfide) groups is 1. The summed E-state index contributed by atoms with van der Waals surface area (Å²) in [5.74, 6) is -0.461. The summed E-state index contributed by atoms with van der Waals surface area (Å²) in [5, 5.41) is 21.2. The van der Waals surface area contributed by atoms with Crippen molar-refractivity contribution >= 4 is 11.8 Å². The molecule has 0 amide bonds. The number of unbranched alkanes of at least 4 members (excludes halogenated alkanes) is 2. The number of hydrogen-bond acceptors (Lipinski definition) is 4. The Morgan fingerprint density at radius 2 is 1.74 bits per heavy atom. The highest BCUT2D eigenvalue weighted by atomic mass is 32.2. The number of hydrogen-bond donors (Lipinski definition) is 2. The third kappa shape index (κ3) is 7.59. The SMILES string of the molecule is C[C@@H]1C[C@H](O)[C@@]2(C)CC[C@@H]3c4ccc(O)cc4C[C@@H](CCCCCN(C)CCCSCCCC(F)(F)C(F)(F)F)[C@H]3[C@H]12. The highest BCUT2D eigenvalue weighted by Crippen LogP contribution is 2.64. The van der Waals surface area contributed by atoms with E-state index in [0.717, 1.165) is 70.2 Å². The molecule has 2 N–H and O–H groups in total. The van der Waals surface area contributed by atoms with E-state index in [-0.39, 0.29) is 17.9 Å². The molecule has 0 bridgehead atoms. The zero-order valence-corrected chi connectivity index (χ0v) is 26.3. The molecule has 0 saturated heterocycles. The molecule has 1 aromatic carbocycles. The molecule has 0 heterocycles. The summed E-state index contributed by atoms with van der Waals surface area (Å²) in [6, 6.07) is 5.97. The molecule has 0 radical (unpaired) electrons. The average Bonchev–Trinajstić information content (AvgIpc) is 3.14. The van der Waals surface area contributed by atoms with Crippen LogP contribution in [-0.4, -0.2) is 65.0 Å². The number of rotatable bonds is 14. The van der Waals surface area contributed by atoms with E-state index >= 15 is 0 Å². The van der Waals surface area contributed by atoms with Crippen LogP contribution in [0.1, 0.15) is 95.1 Å². The van der Waals surface area contributed by atoms with Gasteiger partial charge in [0, 0.05) is 6.42 Å². The third-order valence-corrected chi connectivity index (χ3v) is 11.9. The van der Waals surface area contributed by atoms with Crippen LogP contribution < -0.4 is 0 Å². The normalized spacial score (nSPS) is 31.2. The van der Waals surface area contributed by atoms with E-state index in [2.05, 4.69) is 31.9 Å². The predicted molar refractivity (Wildman–Crippen MR) is 160 cm³/mol. The fraction of sp³-hybridized carbons (Fsp3) is 0.818. The number of alkyl halides is 5. The highest BCUT2D eigenvalue weighted by molar-refractivity contribution is 7.99. The molecular formula is C33H50F5NO2S. The average molecular weight is 620 g/mol. The molecule has 2 saturated carbocycles. The van der Waals surface area contributed by atoms with Crippen molar-refractivity contribution in [2.75, 3.05) is 31.6 Å². The molecule has 0 unspecified atom stereocenters. The number of aliphatic hydroxyl groups excluding tert-OH is 1. The first-order chi connectivity index (χ1) is 19.7. The second-order valence-corrected chi connectivity index (χ2v) is 15.0. The van der Waals surface area contributed by atoms with E-state index in [9.17, 15) is 32.2 Å². The summed E-state index contributed by atoms with van der Waals surface area (Å²) in [7, 11) is 2.08. The topological polar surface area (TPSA) is 43.7 Å². The molecule has 240 valence electrons. The van der Waals surface area contributed by atoms with Crippen molar-refractivity contribution in [2.24, 2.45) is 29.1 Å². The van der Waals surface area contributed by atoms with Gasteiger partial charge in [0.1, 0.15) is 5.75 Å². The van der Waals surface area contributed by atoms with Gasteiger partial charge in [-0.05, 0) is 141 Å². The fourth-order valence-electron chi connectivity index (χ4n) is 8.68. The summed E-state index contributed by atoms with van der Waals surface area (Å²) >= 11 is 1.45. The summed E-state index contributed by atoms with van der Waals surface area (Å²) in [5.41, 5.74) is 2.73. The van der Waals surface area contributed by atoms with Gasteiger partial charge in [-0.1, -0.05) is 32.8 Å². The van der Waals surface area contributed by atoms with Crippen LogP contribution >= 0.6 is 11.8 Å². The maximum atomic E-state index is 13.0. The molecule has 9 heteroatoms. The molecule has 1 aromatic rings. The second-order valence-electron chi connectivity index (χ2n) is 13.8. The molecule has 3 aliphatic rings. The van der Waals surface area contributed by atoms with Gasteiger partial charge >= 0.3 is 12.1 Å². The van der Waals surface area contributed by atoms with Gasteiger partial charge in [-0.3, -0.25) is 0 Å². The molecule has 2 fully saturated rings. The number of aromatic hydroxyl groups is 1. The van der Waals surface area contributed by atoms with E-state index in [1.54, 1.807) is 0 Å². The molecule has 0 spiro atoms. The Kier molecular flexibility index (Phi) is 11.2. The lowest BCUT2D eigenvalue weighted by Gasteiger charge is -2.54. The van der Waals surface area contributed by atoms with E-state index in [1.165, 1.54) is 29.3 Å². The molecular weight excluding hydrogens is 569 g/mol. The summed E-state index contributed by atoms with van der Waals surface area (Å²) in [6.07, 6.45) is 2.60. The lowest BCUT2D eigenvalue weighted by molar-refractivity contribution is -0.284. The maximum absolute atomic E-state index is 13.0. The van der Waals surface area contributed by atoms with Crippen LogP contribution in [0.2, 0.25) is 0 Å². The molecule has 4 rings (SSSR count). The molecule has 0 aromatic heterocycles. The van der Waals surface area contributed by atoms with Gasteiger partial charge in [-0.25, -0.2) is 0 Å². The first-order valence-corrected chi connectivity index (χ1v) is 17.1. The maximum Gasteiger partial charge on any atom is 0.453 e. The van der Waals surface area contributed by atoms with Gasteiger partial charge in [0.05, 0.1) is 6.10 Å². The number of nitrogens with zero attached hydrogens (tertiary/aromatic N) is 1. The lowest BCUT2D eigenvalue weighted by atomic mass is 9.51. The van der Waals surface area contributed by atoms with E-state index in [4.69, 9.17) is 0 Å². The first-order valence-electron chi connectivity index (χ1n) is 16.0. The minimum Gasteiger partial charge on any atom is -0.508 e. The lowest BCUT2D eigenvalue weighted by Crippen LogP contribution is -2.48. The molecule has 0 aliphatic heterocycles. The number of aliphatic hydroxyl groups is 1. The zero-order valence-electron chi connectivity index (χ0n) is 25.4. The van der Waals surface area contributed by atoms with Gasteiger partial charge in [0.25, 0.3) is 0 Å². The third-order valence-electron chi connectivity index (χ3n) is 10.8. The van der Waals surface area contributed by atoms with Gasteiger partial charge in [-0.15, -0.1) is 0 Å². The van der Waals surface area contributed by atoms with Gasteiger partial charge < -0.3 is 15.1 Å². The largest absolute Gasteiger partial charge is 0.508 e. The molecule has 42 heavy (non-hydrogen) atoms. The van der Waals surface area contributed by atoms with E-state index in [0.29, 0.717) is 41.1 Å². The second kappa shape index (κ2) is 13.9. The van der Waals surface area contributed by atoms with Crippen LogP contribution in [0.5, 0.6) is 5.75 Å². The van der Waals surface area contributed by atoms with Crippen molar-refractivity contribution in [3.8, 4) is 5.75 Å². The van der Waals surface area contributed by atoms with Crippen LogP contribution in [-0.2, 0) is 6.42 Å². The van der Waals surface area contributed by atoms with Crippen molar-refractivity contribution in [1.29, 1.82) is 0 Å². The summed E-state index contributed by atoms with van der Waals surface area (Å²) in [6.45, 7) is 6.54. The van der Waals surface area contributed by atoms with Crippen molar-refractivity contribution in [2.45, 2.75) is 109 Å². The Balaban J connectivity index is 1.19. The Morgan fingerprint density at radius 3 is 2.48 bits per heavy atom. The molecule has 3 nitrogen and oxygen atoms in total. The van der Waals surface area contributed by atoms with Crippen LogP contribution in [0.25, 0.3) is 0 Å². The van der Waals surface area contributed by atoms with Gasteiger partial charge in [0.2, 0.25) is 0 Å². The van der Waals surface area contributed by atoms with Crippen LogP contribution in [0, 0.1) is 29.1 Å². The standard InChI is InChI=1S/C33H50F5NO2S/c1-22-19-28(41)31(2)14-12-27-26-11-10-25(40)21-24(26)20-23(29(27)30(22)31)9-5-4-6-15-39(3)16-8-18-42-17-7-13-32(34,35)33(36,37)38/h10-11,21-23,27-30,40-41H,4-9,12-20H2,1-3H3/t22-,23-,27-,28+,29-,30+,31-/m1/s1. The number of fused-ring (bicyclic) bond motifs is 5. The van der Waals surface area contributed by atoms with Crippen LogP contribution in [0.15, 0.2) is 18.2 Å².